The van der Waals surface area contributed by atoms with Crippen molar-refractivity contribution in [3.05, 3.63) is 59.6 Å². The molecule has 4 N–H and O–H groups in total. The number of hydrogen-bond donors (Lipinski definition) is 3. The van der Waals surface area contributed by atoms with E-state index in [1.54, 1.807) is 42.6 Å². The molecular formula is C19H23N5O3. The van der Waals surface area contributed by atoms with E-state index in [0.29, 0.717) is 48.1 Å². The molecule has 0 spiro atoms. The van der Waals surface area contributed by atoms with Gasteiger partial charge < -0.3 is 25.9 Å². The monoisotopic (exact) mass is 369 g/mol. The van der Waals surface area contributed by atoms with Gasteiger partial charge in [0.05, 0.1) is 6.54 Å². The highest BCUT2D eigenvalue weighted by Gasteiger charge is 2.28. The molecule has 0 radical (unpaired) electrons. The van der Waals surface area contributed by atoms with E-state index < -0.39 is 0 Å². The van der Waals surface area contributed by atoms with Crippen molar-refractivity contribution < 1.29 is 14.6 Å². The van der Waals surface area contributed by atoms with Crippen LogP contribution in [0.1, 0.15) is 16.1 Å². The van der Waals surface area contributed by atoms with Gasteiger partial charge in [-0.3, -0.25) is 9.78 Å². The number of hydrogen-bond acceptors (Lipinski definition) is 7. The van der Waals surface area contributed by atoms with Crippen molar-refractivity contribution in [2.75, 3.05) is 39.1 Å². The molecular weight excluding hydrogens is 346 g/mol. The Morgan fingerprint density at radius 2 is 2.15 bits per heavy atom. The maximum Gasteiger partial charge on any atom is 0.274 e. The molecule has 0 saturated carbocycles. The number of nitrogens with zero attached hydrogens (tertiary/aromatic N) is 3. The smallest absolute Gasteiger partial charge is 0.274 e. The van der Waals surface area contributed by atoms with E-state index in [-0.39, 0.29) is 11.7 Å². The highest BCUT2D eigenvalue weighted by Crippen LogP contribution is 2.36. The number of rotatable bonds is 6. The van der Waals surface area contributed by atoms with Crippen molar-refractivity contribution in [3.63, 3.8) is 0 Å². The average molecular weight is 369 g/mol. The van der Waals surface area contributed by atoms with Gasteiger partial charge in [-0.2, -0.15) is 0 Å². The van der Waals surface area contributed by atoms with Crippen LogP contribution < -0.4 is 15.8 Å². The van der Waals surface area contributed by atoms with Crippen LogP contribution >= 0.6 is 0 Å². The highest BCUT2D eigenvalue weighted by atomic mass is 16.5. The molecule has 3 rings (SSSR count). The highest BCUT2D eigenvalue weighted by molar-refractivity contribution is 6.03. The van der Waals surface area contributed by atoms with E-state index in [1.165, 1.54) is 0 Å². The number of nitrogens with two attached hydrogens (primary N) is 1. The largest absolute Gasteiger partial charge is 0.509 e. The Labute approximate surface area is 157 Å². The number of benzene rings is 1. The van der Waals surface area contributed by atoms with Gasteiger partial charge in [-0.05, 0) is 30.3 Å². The normalized spacial score (nSPS) is 14.6. The van der Waals surface area contributed by atoms with E-state index in [0.717, 1.165) is 0 Å². The van der Waals surface area contributed by atoms with Crippen LogP contribution in [0.15, 0.2) is 48.4 Å². The van der Waals surface area contributed by atoms with Crippen molar-refractivity contribution in [1.82, 2.24) is 15.0 Å². The Morgan fingerprint density at radius 3 is 2.78 bits per heavy atom. The first kappa shape index (κ1) is 18.7. The minimum absolute atomic E-state index is 0.228. The number of hydrazine groups is 1. The fraction of sp³-hybridized carbons (Fsp3) is 0.263. The minimum Gasteiger partial charge on any atom is -0.509 e. The molecule has 2 heterocycles. The van der Waals surface area contributed by atoms with Gasteiger partial charge in [0.2, 0.25) is 0 Å². The van der Waals surface area contributed by atoms with E-state index in [9.17, 15) is 9.90 Å². The third-order valence-electron chi connectivity index (χ3n) is 4.25. The van der Waals surface area contributed by atoms with Crippen molar-refractivity contribution in [2.45, 2.75) is 0 Å². The molecule has 0 bridgehead atoms. The molecule has 0 saturated heterocycles. The lowest BCUT2D eigenvalue weighted by Gasteiger charge is -2.25. The third-order valence-corrected chi connectivity index (χ3v) is 4.25. The number of pyridine rings is 1. The summed E-state index contributed by atoms with van der Waals surface area (Å²) in [6, 6.07) is 10.4. The lowest BCUT2D eigenvalue weighted by Crippen LogP contribution is -2.30. The number of carbonyl (C=O) groups excluding carboxylic acids is 1. The summed E-state index contributed by atoms with van der Waals surface area (Å²) >= 11 is 0. The van der Waals surface area contributed by atoms with Gasteiger partial charge in [0.1, 0.15) is 29.5 Å². The topological polar surface area (TPSA) is 104 Å². The van der Waals surface area contributed by atoms with E-state index >= 15 is 0 Å². The summed E-state index contributed by atoms with van der Waals surface area (Å²) in [4.78, 5) is 16.4. The Kier molecular flexibility index (Phi) is 5.58. The van der Waals surface area contributed by atoms with Gasteiger partial charge in [0, 0.05) is 38.1 Å². The summed E-state index contributed by atoms with van der Waals surface area (Å²) < 4.78 is 5.73. The summed E-state index contributed by atoms with van der Waals surface area (Å²) in [7, 11) is 3.72. The van der Waals surface area contributed by atoms with Gasteiger partial charge in [0.15, 0.2) is 0 Å². The van der Waals surface area contributed by atoms with Crippen LogP contribution in [0.4, 0.5) is 5.69 Å². The summed E-state index contributed by atoms with van der Waals surface area (Å²) in [5.74, 6) is 0.498. The maximum absolute atomic E-state index is 12.4. The van der Waals surface area contributed by atoms with Gasteiger partial charge in [0.25, 0.3) is 5.91 Å². The molecule has 1 aliphatic heterocycles. The van der Waals surface area contributed by atoms with Gasteiger partial charge in [-0.25, -0.2) is 5.01 Å². The summed E-state index contributed by atoms with van der Waals surface area (Å²) in [5, 5.41) is 16.9. The molecule has 27 heavy (non-hydrogen) atoms. The molecule has 1 aliphatic rings. The number of nitrogens with one attached hydrogen (secondary N) is 1. The number of ether oxygens (including phenoxy) is 1. The zero-order chi connectivity index (χ0) is 19.4. The Morgan fingerprint density at radius 1 is 1.33 bits per heavy atom. The van der Waals surface area contributed by atoms with Crippen LogP contribution in [0.3, 0.4) is 0 Å². The number of aliphatic hydroxyl groups excluding tert-OH is 1. The van der Waals surface area contributed by atoms with Crippen LogP contribution in [0, 0.1) is 0 Å². The zero-order valence-electron chi connectivity index (χ0n) is 15.3. The second kappa shape index (κ2) is 8.07. The van der Waals surface area contributed by atoms with Crippen LogP contribution in [-0.2, 0) is 0 Å². The fourth-order valence-corrected chi connectivity index (χ4v) is 2.86. The van der Waals surface area contributed by atoms with Crippen molar-refractivity contribution >= 4 is 17.3 Å². The van der Waals surface area contributed by atoms with Crippen LogP contribution in [0.5, 0.6) is 5.75 Å². The Hall–Kier alpha value is -3.10. The van der Waals surface area contributed by atoms with Crippen LogP contribution in [-0.4, -0.2) is 59.8 Å². The SMILES string of the molecule is CN1CC(O)=C(c2cc(NC(=O)c3ccccn3)ccc2OCCN)N1C. The lowest BCUT2D eigenvalue weighted by molar-refractivity contribution is 0.102. The molecule has 1 aromatic carbocycles. The van der Waals surface area contributed by atoms with Crippen molar-refractivity contribution in [1.29, 1.82) is 0 Å². The molecule has 2 aromatic rings. The quantitative estimate of drug-likeness (QED) is 0.712. The van der Waals surface area contributed by atoms with E-state index in [1.807, 2.05) is 24.1 Å². The van der Waals surface area contributed by atoms with Crippen molar-refractivity contribution in [3.8, 4) is 5.75 Å². The van der Waals surface area contributed by atoms with Crippen LogP contribution in [0.2, 0.25) is 0 Å². The first-order valence-electron chi connectivity index (χ1n) is 8.58. The van der Waals surface area contributed by atoms with Gasteiger partial charge in [-0.15, -0.1) is 0 Å². The number of amides is 1. The third kappa shape index (κ3) is 4.02. The Bertz CT molecular complexity index is 854. The number of likely N-dealkylation sites (N-methyl/N-ethyl adjacent to an activating group) is 1. The lowest BCUT2D eigenvalue weighted by atomic mass is 10.1. The van der Waals surface area contributed by atoms with Gasteiger partial charge in [-0.1, -0.05) is 6.07 Å². The zero-order valence-corrected chi connectivity index (χ0v) is 15.3. The fourth-order valence-electron chi connectivity index (χ4n) is 2.86. The molecule has 0 atom stereocenters. The number of anilines is 1. The molecule has 0 fully saturated rings. The molecule has 0 aliphatic carbocycles. The number of aliphatic hydroxyl groups is 1. The Balaban J connectivity index is 1.94. The predicted molar refractivity (Wildman–Crippen MR) is 103 cm³/mol. The second-order valence-corrected chi connectivity index (χ2v) is 6.15. The average Bonchev–Trinajstić information content (AvgIpc) is 2.93. The predicted octanol–water partition coefficient (Wildman–Crippen LogP) is 1.69. The summed E-state index contributed by atoms with van der Waals surface area (Å²) in [6.07, 6.45) is 1.57. The van der Waals surface area contributed by atoms with Crippen LogP contribution in [0.25, 0.3) is 5.70 Å². The standard InChI is InChI=1S/C19H23N5O3/c1-23-12-16(25)18(24(23)2)14-11-13(6-7-17(14)27-10-8-20)22-19(26)15-5-3-4-9-21-15/h3-7,9,11,25H,8,10,12,20H2,1-2H3,(H,22,26). The minimum atomic E-state index is -0.313. The van der Waals surface area contributed by atoms with Crippen molar-refractivity contribution in [2.24, 2.45) is 5.73 Å². The van der Waals surface area contributed by atoms with Gasteiger partial charge >= 0.3 is 0 Å². The maximum atomic E-state index is 12.4. The summed E-state index contributed by atoms with van der Waals surface area (Å²) in [6.45, 7) is 1.12. The van der Waals surface area contributed by atoms with E-state index in [2.05, 4.69) is 10.3 Å². The first-order chi connectivity index (χ1) is 13.0. The molecule has 8 nitrogen and oxygen atoms in total. The second-order valence-electron chi connectivity index (χ2n) is 6.15. The number of carbonyl (C=O) groups is 1. The molecule has 1 aromatic heterocycles. The molecule has 8 heteroatoms. The molecule has 142 valence electrons. The van der Waals surface area contributed by atoms with E-state index in [4.69, 9.17) is 10.5 Å². The first-order valence-corrected chi connectivity index (χ1v) is 8.58. The molecule has 0 unspecified atom stereocenters. The number of aromatic nitrogens is 1. The molecule has 1 amide bonds. The summed E-state index contributed by atoms with van der Waals surface area (Å²) in [5.41, 5.74) is 7.74.